The van der Waals surface area contributed by atoms with Gasteiger partial charge in [-0.3, -0.25) is 4.79 Å². The number of halogens is 1. The van der Waals surface area contributed by atoms with Crippen LogP contribution >= 0.6 is 15.9 Å². The summed E-state index contributed by atoms with van der Waals surface area (Å²) in [5.41, 5.74) is 2.67. The van der Waals surface area contributed by atoms with Gasteiger partial charge in [0.25, 0.3) is 5.91 Å². The van der Waals surface area contributed by atoms with Gasteiger partial charge in [0.2, 0.25) is 0 Å². The van der Waals surface area contributed by atoms with Crippen molar-refractivity contribution in [2.45, 2.75) is 0 Å². The second-order valence-electron chi connectivity index (χ2n) is 6.31. The Morgan fingerprint density at radius 2 is 1.73 bits per heavy atom. The molecule has 2 aromatic carbocycles. The highest BCUT2D eigenvalue weighted by molar-refractivity contribution is 9.10. The molecule has 0 radical (unpaired) electrons. The molecule has 0 spiro atoms. The van der Waals surface area contributed by atoms with Gasteiger partial charge in [0.1, 0.15) is 11.4 Å². The molecule has 1 aromatic heterocycles. The highest BCUT2D eigenvalue weighted by Gasteiger charge is 2.26. The SMILES string of the molecule is COc1ccccc1N1CCN(C(=O)c2[nH]c3ccccc3c2Br)CC1. The zero-order valence-electron chi connectivity index (χ0n) is 14.5. The van der Waals surface area contributed by atoms with Crippen LogP contribution in [0.1, 0.15) is 10.5 Å². The maximum atomic E-state index is 13.0. The lowest BCUT2D eigenvalue weighted by molar-refractivity contribution is 0.0741. The van der Waals surface area contributed by atoms with Gasteiger partial charge in [0.05, 0.1) is 17.3 Å². The first-order chi connectivity index (χ1) is 12.7. The number of hydrogen-bond donors (Lipinski definition) is 1. The van der Waals surface area contributed by atoms with Gasteiger partial charge in [-0.15, -0.1) is 0 Å². The molecular formula is C20H20BrN3O2. The van der Waals surface area contributed by atoms with E-state index in [2.05, 4.69) is 31.9 Å². The zero-order valence-corrected chi connectivity index (χ0v) is 16.1. The smallest absolute Gasteiger partial charge is 0.271 e. The van der Waals surface area contributed by atoms with Crippen LogP contribution in [0.25, 0.3) is 10.9 Å². The van der Waals surface area contributed by atoms with Gasteiger partial charge in [-0.25, -0.2) is 0 Å². The normalized spacial score (nSPS) is 14.7. The van der Waals surface area contributed by atoms with Crippen molar-refractivity contribution in [2.75, 3.05) is 38.2 Å². The molecule has 1 N–H and O–H groups in total. The minimum absolute atomic E-state index is 0.0350. The average molecular weight is 414 g/mol. The van der Waals surface area contributed by atoms with Gasteiger partial charge in [0.15, 0.2) is 0 Å². The highest BCUT2D eigenvalue weighted by Crippen LogP contribution is 2.30. The number of ether oxygens (including phenoxy) is 1. The number of carbonyl (C=O) groups excluding carboxylic acids is 1. The van der Waals surface area contributed by atoms with Gasteiger partial charge < -0.3 is 19.5 Å². The number of amides is 1. The number of aromatic nitrogens is 1. The fraction of sp³-hybridized carbons (Fsp3) is 0.250. The molecule has 5 nitrogen and oxygen atoms in total. The van der Waals surface area contributed by atoms with E-state index in [9.17, 15) is 4.79 Å². The molecule has 1 saturated heterocycles. The van der Waals surface area contributed by atoms with Crippen LogP contribution in [-0.4, -0.2) is 49.1 Å². The Kier molecular flexibility index (Phi) is 4.59. The Morgan fingerprint density at radius 3 is 2.46 bits per heavy atom. The molecule has 26 heavy (non-hydrogen) atoms. The summed E-state index contributed by atoms with van der Waals surface area (Å²) < 4.78 is 6.30. The molecule has 1 aliphatic heterocycles. The molecule has 0 aliphatic carbocycles. The molecule has 6 heteroatoms. The summed E-state index contributed by atoms with van der Waals surface area (Å²) in [7, 11) is 1.69. The molecule has 1 aliphatic rings. The summed E-state index contributed by atoms with van der Waals surface area (Å²) in [5, 5.41) is 1.03. The average Bonchev–Trinajstić information content (AvgIpc) is 3.04. The first kappa shape index (κ1) is 17.0. The molecule has 1 fully saturated rings. The third-order valence-corrected chi connectivity index (χ3v) is 5.67. The quantitative estimate of drug-likeness (QED) is 0.707. The first-order valence-electron chi connectivity index (χ1n) is 8.62. The monoisotopic (exact) mass is 413 g/mol. The van der Waals surface area contributed by atoms with E-state index in [-0.39, 0.29) is 5.91 Å². The van der Waals surface area contributed by atoms with Crippen LogP contribution in [-0.2, 0) is 0 Å². The van der Waals surface area contributed by atoms with Crippen LogP contribution in [0.3, 0.4) is 0 Å². The summed E-state index contributed by atoms with van der Waals surface area (Å²) in [6, 6.07) is 15.9. The number of aromatic amines is 1. The van der Waals surface area contributed by atoms with Crippen molar-refractivity contribution in [1.82, 2.24) is 9.88 Å². The first-order valence-corrected chi connectivity index (χ1v) is 9.42. The van der Waals surface area contributed by atoms with Crippen LogP contribution in [0.5, 0.6) is 5.75 Å². The number of carbonyl (C=O) groups is 1. The van der Waals surface area contributed by atoms with Gasteiger partial charge in [-0.2, -0.15) is 0 Å². The van der Waals surface area contributed by atoms with Crippen molar-refractivity contribution in [1.29, 1.82) is 0 Å². The van der Waals surface area contributed by atoms with Crippen molar-refractivity contribution >= 4 is 38.4 Å². The van der Waals surface area contributed by atoms with E-state index < -0.39 is 0 Å². The van der Waals surface area contributed by atoms with Crippen molar-refractivity contribution in [2.24, 2.45) is 0 Å². The van der Waals surface area contributed by atoms with Crippen molar-refractivity contribution in [3.63, 3.8) is 0 Å². The number of nitrogens with zero attached hydrogens (tertiary/aromatic N) is 2. The molecule has 2 heterocycles. The predicted octanol–water partition coefficient (Wildman–Crippen LogP) is 3.90. The standard InChI is InChI=1S/C20H20BrN3O2/c1-26-17-9-5-4-8-16(17)23-10-12-24(13-11-23)20(25)19-18(21)14-6-2-3-7-15(14)22-19/h2-9,22H,10-13H2,1H3. The van der Waals surface area contributed by atoms with E-state index in [1.165, 1.54) is 0 Å². The number of rotatable bonds is 3. The Labute approximate surface area is 160 Å². The third kappa shape index (κ3) is 2.94. The fourth-order valence-corrected chi connectivity index (χ4v) is 4.07. The van der Waals surface area contributed by atoms with Gasteiger partial charge in [-0.05, 0) is 34.1 Å². The largest absolute Gasteiger partial charge is 0.495 e. The maximum Gasteiger partial charge on any atom is 0.271 e. The second-order valence-corrected chi connectivity index (χ2v) is 7.10. The summed E-state index contributed by atoms with van der Waals surface area (Å²) in [6.07, 6.45) is 0. The van der Waals surface area contributed by atoms with E-state index >= 15 is 0 Å². The Hall–Kier alpha value is -2.47. The molecule has 0 saturated carbocycles. The predicted molar refractivity (Wildman–Crippen MR) is 107 cm³/mol. The lowest BCUT2D eigenvalue weighted by Gasteiger charge is -2.36. The van der Waals surface area contributed by atoms with Crippen LogP contribution in [0.15, 0.2) is 53.0 Å². The maximum absolute atomic E-state index is 13.0. The number of methoxy groups -OCH3 is 1. The molecule has 0 atom stereocenters. The van der Waals surface area contributed by atoms with Crippen LogP contribution in [0, 0.1) is 0 Å². The lowest BCUT2D eigenvalue weighted by Crippen LogP contribution is -2.49. The van der Waals surface area contributed by atoms with Crippen molar-refractivity contribution in [3.05, 3.63) is 58.7 Å². The summed E-state index contributed by atoms with van der Waals surface area (Å²) >= 11 is 3.58. The van der Waals surface area contributed by atoms with Crippen LogP contribution < -0.4 is 9.64 Å². The zero-order chi connectivity index (χ0) is 18.1. The third-order valence-electron chi connectivity index (χ3n) is 4.85. The number of benzene rings is 2. The molecule has 3 aromatic rings. The minimum Gasteiger partial charge on any atom is -0.495 e. The van der Waals surface area contributed by atoms with Gasteiger partial charge >= 0.3 is 0 Å². The van der Waals surface area contributed by atoms with E-state index in [1.807, 2.05) is 47.4 Å². The highest BCUT2D eigenvalue weighted by atomic mass is 79.9. The van der Waals surface area contributed by atoms with E-state index in [1.54, 1.807) is 7.11 Å². The van der Waals surface area contributed by atoms with E-state index in [0.717, 1.165) is 39.9 Å². The molecular weight excluding hydrogens is 394 g/mol. The number of nitrogens with one attached hydrogen (secondary N) is 1. The number of hydrogen-bond acceptors (Lipinski definition) is 3. The molecule has 134 valence electrons. The topological polar surface area (TPSA) is 48.6 Å². The van der Waals surface area contributed by atoms with Crippen LogP contribution in [0.2, 0.25) is 0 Å². The summed E-state index contributed by atoms with van der Waals surface area (Å²) in [6.45, 7) is 2.92. The number of piperazine rings is 1. The summed E-state index contributed by atoms with van der Waals surface area (Å²) in [5.74, 6) is 0.901. The van der Waals surface area contributed by atoms with E-state index in [0.29, 0.717) is 18.8 Å². The Morgan fingerprint density at radius 1 is 1.04 bits per heavy atom. The fourth-order valence-electron chi connectivity index (χ4n) is 3.45. The van der Waals surface area contributed by atoms with Crippen LogP contribution in [0.4, 0.5) is 5.69 Å². The number of anilines is 1. The molecule has 0 unspecified atom stereocenters. The molecule has 0 bridgehead atoms. The van der Waals surface area contributed by atoms with Crippen molar-refractivity contribution < 1.29 is 9.53 Å². The molecule has 4 rings (SSSR count). The van der Waals surface area contributed by atoms with E-state index in [4.69, 9.17) is 4.74 Å². The number of fused-ring (bicyclic) bond motifs is 1. The number of H-pyrrole nitrogens is 1. The Bertz CT molecular complexity index is 945. The Balaban J connectivity index is 1.50. The molecule has 1 amide bonds. The van der Waals surface area contributed by atoms with Gasteiger partial charge in [-0.1, -0.05) is 30.3 Å². The van der Waals surface area contributed by atoms with Gasteiger partial charge in [0, 0.05) is 37.1 Å². The minimum atomic E-state index is 0.0350. The number of para-hydroxylation sites is 3. The summed E-state index contributed by atoms with van der Waals surface area (Å²) in [4.78, 5) is 20.4. The lowest BCUT2D eigenvalue weighted by atomic mass is 10.2. The second kappa shape index (κ2) is 7.03. The van der Waals surface area contributed by atoms with Crippen molar-refractivity contribution in [3.8, 4) is 5.75 Å².